The molecule has 2 aromatic rings. The number of nitrogens with zero attached hydrogens (tertiary/aromatic N) is 1. The van der Waals surface area contributed by atoms with Gasteiger partial charge in [0.15, 0.2) is 6.61 Å². The quantitative estimate of drug-likeness (QED) is 0.766. The molecule has 0 radical (unpaired) electrons. The van der Waals surface area contributed by atoms with E-state index in [0.717, 1.165) is 22.3 Å². The highest BCUT2D eigenvalue weighted by Gasteiger charge is 2.26. The van der Waals surface area contributed by atoms with Crippen molar-refractivity contribution in [3.05, 3.63) is 63.7 Å². The highest BCUT2D eigenvalue weighted by molar-refractivity contribution is 6.32. The van der Waals surface area contributed by atoms with Gasteiger partial charge in [0, 0.05) is 18.6 Å². The van der Waals surface area contributed by atoms with Gasteiger partial charge in [-0.05, 0) is 62.1 Å². The number of hydrogen-bond acceptors (Lipinski definition) is 3. The number of nitrogens with one attached hydrogen (secondary N) is 1. The van der Waals surface area contributed by atoms with Crippen LogP contribution in [0.25, 0.3) is 0 Å². The summed E-state index contributed by atoms with van der Waals surface area (Å²) >= 11 is 6.19. The predicted octanol–water partition coefficient (Wildman–Crippen LogP) is 3.81. The maximum Gasteiger partial charge on any atom is 0.261 e. The highest BCUT2D eigenvalue weighted by atomic mass is 35.5. The Labute approximate surface area is 171 Å². The SMILES string of the molecule is CNC(=O)[C@H](C)N(Cc1ccccc1C)C(=O)COc1cc(C)c(Cl)c(C)c1. The Hall–Kier alpha value is -2.53. The molecule has 0 fully saturated rings. The molecule has 0 aliphatic carbocycles. The van der Waals surface area contributed by atoms with Crippen LogP contribution in [0.2, 0.25) is 5.02 Å². The van der Waals surface area contributed by atoms with Gasteiger partial charge in [0.25, 0.3) is 5.91 Å². The Morgan fingerprint density at radius 1 is 1.11 bits per heavy atom. The molecule has 5 nitrogen and oxygen atoms in total. The van der Waals surface area contributed by atoms with Crippen LogP contribution in [0.4, 0.5) is 0 Å². The minimum atomic E-state index is -0.616. The topological polar surface area (TPSA) is 58.6 Å². The first-order valence-electron chi connectivity index (χ1n) is 9.19. The molecule has 0 aliphatic rings. The van der Waals surface area contributed by atoms with Gasteiger partial charge in [-0.2, -0.15) is 0 Å². The van der Waals surface area contributed by atoms with Crippen molar-refractivity contribution in [2.45, 2.75) is 40.3 Å². The zero-order valence-corrected chi connectivity index (χ0v) is 17.8. The minimum Gasteiger partial charge on any atom is -0.484 e. The summed E-state index contributed by atoms with van der Waals surface area (Å²) in [5.74, 6) is 0.0981. The van der Waals surface area contributed by atoms with E-state index in [4.69, 9.17) is 16.3 Å². The van der Waals surface area contributed by atoms with Gasteiger partial charge in [0.05, 0.1) is 0 Å². The van der Waals surface area contributed by atoms with Crippen LogP contribution >= 0.6 is 11.6 Å². The molecule has 2 aromatic carbocycles. The molecule has 0 aliphatic heterocycles. The largest absolute Gasteiger partial charge is 0.484 e. The fourth-order valence-corrected chi connectivity index (χ4v) is 3.09. The van der Waals surface area contributed by atoms with Crippen molar-refractivity contribution in [3.8, 4) is 5.75 Å². The van der Waals surface area contributed by atoms with Crippen molar-refractivity contribution in [2.75, 3.05) is 13.7 Å². The lowest BCUT2D eigenvalue weighted by molar-refractivity contribution is -0.142. The average Bonchev–Trinajstić information content (AvgIpc) is 2.68. The predicted molar refractivity (Wildman–Crippen MR) is 112 cm³/mol. The number of benzene rings is 2. The minimum absolute atomic E-state index is 0.159. The van der Waals surface area contributed by atoms with Crippen molar-refractivity contribution in [2.24, 2.45) is 0 Å². The Bertz CT molecular complexity index is 844. The Morgan fingerprint density at radius 2 is 1.71 bits per heavy atom. The van der Waals surface area contributed by atoms with Gasteiger partial charge >= 0.3 is 0 Å². The van der Waals surface area contributed by atoms with Crippen LogP contribution in [0, 0.1) is 20.8 Å². The van der Waals surface area contributed by atoms with Crippen molar-refractivity contribution in [1.82, 2.24) is 10.2 Å². The van der Waals surface area contributed by atoms with E-state index in [0.29, 0.717) is 17.3 Å². The standard InChI is InChI=1S/C22H27ClN2O3/c1-14-8-6-7-9-18(14)12-25(17(4)22(27)24-5)20(26)13-28-19-10-15(2)21(23)16(3)11-19/h6-11,17H,12-13H2,1-5H3,(H,24,27)/t17-/m0/s1. The Balaban J connectivity index is 2.19. The molecule has 0 unspecified atom stereocenters. The number of amides is 2. The first-order chi connectivity index (χ1) is 13.2. The van der Waals surface area contributed by atoms with Crippen LogP contribution in [0.3, 0.4) is 0 Å². The summed E-state index contributed by atoms with van der Waals surface area (Å²) in [5, 5.41) is 3.30. The van der Waals surface area contributed by atoms with Gasteiger partial charge in [-0.25, -0.2) is 0 Å². The molecule has 1 atom stereocenters. The summed E-state index contributed by atoms with van der Waals surface area (Å²) < 4.78 is 5.72. The van der Waals surface area contributed by atoms with Gasteiger partial charge in [-0.15, -0.1) is 0 Å². The van der Waals surface area contributed by atoms with Crippen molar-refractivity contribution in [1.29, 1.82) is 0 Å². The van der Waals surface area contributed by atoms with Crippen LogP contribution in [-0.2, 0) is 16.1 Å². The van der Waals surface area contributed by atoms with Crippen LogP contribution in [-0.4, -0.2) is 36.4 Å². The summed E-state index contributed by atoms with van der Waals surface area (Å²) in [6.45, 7) is 7.66. The van der Waals surface area contributed by atoms with Crippen LogP contribution in [0.1, 0.15) is 29.2 Å². The third-order valence-corrected chi connectivity index (χ3v) is 5.38. The molecule has 0 spiro atoms. The number of carbonyl (C=O) groups is 2. The number of aryl methyl sites for hydroxylation is 3. The molecule has 0 saturated carbocycles. The van der Waals surface area contributed by atoms with E-state index in [2.05, 4.69) is 5.32 Å². The lowest BCUT2D eigenvalue weighted by atomic mass is 10.1. The summed E-state index contributed by atoms with van der Waals surface area (Å²) in [4.78, 5) is 26.6. The molecular formula is C22H27ClN2O3. The maximum atomic E-state index is 12.9. The zero-order valence-electron chi connectivity index (χ0n) is 17.0. The number of carbonyl (C=O) groups excluding carboxylic acids is 2. The molecule has 0 bridgehead atoms. The average molecular weight is 403 g/mol. The van der Waals surface area contributed by atoms with E-state index in [1.165, 1.54) is 4.90 Å². The molecule has 0 aromatic heterocycles. The van der Waals surface area contributed by atoms with E-state index in [-0.39, 0.29) is 18.4 Å². The monoisotopic (exact) mass is 402 g/mol. The van der Waals surface area contributed by atoms with E-state index in [1.54, 1.807) is 26.1 Å². The number of hydrogen-bond donors (Lipinski definition) is 1. The fraction of sp³-hybridized carbons (Fsp3) is 0.364. The van der Waals surface area contributed by atoms with Gasteiger partial charge in [-0.1, -0.05) is 35.9 Å². The number of likely N-dealkylation sites (N-methyl/N-ethyl adjacent to an activating group) is 1. The molecule has 2 amide bonds. The fourth-order valence-electron chi connectivity index (χ4n) is 2.98. The normalized spacial score (nSPS) is 11.6. The zero-order chi connectivity index (χ0) is 20.8. The van der Waals surface area contributed by atoms with Crippen molar-refractivity contribution >= 4 is 23.4 Å². The Kier molecular flexibility index (Phi) is 7.46. The summed E-state index contributed by atoms with van der Waals surface area (Å²) in [5.41, 5.74) is 3.83. The first-order valence-corrected chi connectivity index (χ1v) is 9.57. The van der Waals surface area contributed by atoms with E-state index < -0.39 is 6.04 Å². The molecular weight excluding hydrogens is 376 g/mol. The number of ether oxygens (including phenoxy) is 1. The molecule has 0 heterocycles. The Morgan fingerprint density at radius 3 is 2.29 bits per heavy atom. The van der Waals surface area contributed by atoms with E-state index >= 15 is 0 Å². The summed E-state index contributed by atoms with van der Waals surface area (Å²) in [6, 6.07) is 10.8. The van der Waals surface area contributed by atoms with E-state index in [1.807, 2.05) is 45.0 Å². The second kappa shape index (κ2) is 9.60. The number of halogens is 1. The molecule has 0 saturated heterocycles. The lowest BCUT2D eigenvalue weighted by Crippen LogP contribution is -2.48. The summed E-state index contributed by atoms with van der Waals surface area (Å²) in [7, 11) is 1.56. The van der Waals surface area contributed by atoms with Crippen LogP contribution in [0.15, 0.2) is 36.4 Å². The lowest BCUT2D eigenvalue weighted by Gasteiger charge is -2.29. The van der Waals surface area contributed by atoms with Gasteiger partial charge in [-0.3, -0.25) is 9.59 Å². The van der Waals surface area contributed by atoms with Gasteiger partial charge in [0.2, 0.25) is 5.91 Å². The second-order valence-electron chi connectivity index (χ2n) is 6.90. The van der Waals surface area contributed by atoms with E-state index in [9.17, 15) is 9.59 Å². The molecule has 1 N–H and O–H groups in total. The highest BCUT2D eigenvalue weighted by Crippen LogP contribution is 2.26. The molecule has 28 heavy (non-hydrogen) atoms. The van der Waals surface area contributed by atoms with Crippen LogP contribution < -0.4 is 10.1 Å². The van der Waals surface area contributed by atoms with Crippen molar-refractivity contribution in [3.63, 3.8) is 0 Å². The molecule has 2 rings (SSSR count). The molecule has 6 heteroatoms. The third kappa shape index (κ3) is 5.26. The van der Waals surface area contributed by atoms with Crippen molar-refractivity contribution < 1.29 is 14.3 Å². The van der Waals surface area contributed by atoms with Gasteiger partial charge in [0.1, 0.15) is 11.8 Å². The number of rotatable bonds is 7. The second-order valence-corrected chi connectivity index (χ2v) is 7.28. The maximum absolute atomic E-state index is 12.9. The summed E-state index contributed by atoms with van der Waals surface area (Å²) in [6.07, 6.45) is 0. The third-order valence-electron chi connectivity index (χ3n) is 4.79. The van der Waals surface area contributed by atoms with Gasteiger partial charge < -0.3 is 15.0 Å². The first kappa shape index (κ1) is 21.8. The molecule has 150 valence electrons. The smallest absolute Gasteiger partial charge is 0.261 e. The van der Waals surface area contributed by atoms with Crippen LogP contribution in [0.5, 0.6) is 5.75 Å².